The Morgan fingerprint density at radius 2 is 1.41 bits per heavy atom. The first-order valence-electron chi connectivity index (χ1n) is 6.14. The lowest BCUT2D eigenvalue weighted by atomic mass is 9.93. The monoisotopic (exact) mass is 268 g/mol. The highest BCUT2D eigenvalue weighted by molar-refractivity contribution is 6.74. The van der Waals surface area contributed by atoms with Gasteiger partial charge in [-0.25, -0.2) is 13.2 Å². The summed E-state index contributed by atoms with van der Waals surface area (Å²) in [6.45, 7) is 10.3. The molecular formula is C12H23F3OSi. The minimum absolute atomic E-state index is 0.00280. The first-order valence-corrected chi connectivity index (χ1v) is 9.05. The van der Waals surface area contributed by atoms with Crippen molar-refractivity contribution in [2.75, 3.05) is 0 Å². The van der Waals surface area contributed by atoms with E-state index in [1.54, 1.807) is 0 Å². The Balaban J connectivity index is 2.65. The van der Waals surface area contributed by atoms with Crippen LogP contribution in [0.3, 0.4) is 0 Å². The van der Waals surface area contributed by atoms with E-state index in [4.69, 9.17) is 4.43 Å². The van der Waals surface area contributed by atoms with Crippen molar-refractivity contribution in [1.82, 2.24) is 0 Å². The summed E-state index contributed by atoms with van der Waals surface area (Å²) in [4.78, 5) is 0. The van der Waals surface area contributed by atoms with Crippen LogP contribution in [0, 0.1) is 0 Å². The molecule has 1 saturated carbocycles. The lowest BCUT2D eigenvalue weighted by Crippen LogP contribution is -2.48. The molecule has 17 heavy (non-hydrogen) atoms. The Bertz CT molecular complexity index is 253. The van der Waals surface area contributed by atoms with Crippen LogP contribution in [-0.2, 0) is 4.43 Å². The molecule has 1 rings (SSSR count). The van der Waals surface area contributed by atoms with Gasteiger partial charge in [0.1, 0.15) is 12.3 Å². The van der Waals surface area contributed by atoms with Crippen LogP contribution in [0.4, 0.5) is 13.2 Å². The summed E-state index contributed by atoms with van der Waals surface area (Å²) in [5, 5.41) is -0.00280. The summed E-state index contributed by atoms with van der Waals surface area (Å²) in [6, 6.07) is 0. The highest BCUT2D eigenvalue weighted by atomic mass is 28.4. The summed E-state index contributed by atoms with van der Waals surface area (Å²) < 4.78 is 45.5. The quantitative estimate of drug-likeness (QED) is 0.682. The Kier molecular flexibility index (Phi) is 4.35. The van der Waals surface area contributed by atoms with E-state index in [0.717, 1.165) is 0 Å². The molecule has 0 amide bonds. The predicted molar refractivity (Wildman–Crippen MR) is 66.0 cm³/mol. The predicted octanol–water partition coefficient (Wildman–Crippen LogP) is 4.18. The van der Waals surface area contributed by atoms with E-state index in [-0.39, 0.29) is 17.9 Å². The van der Waals surface area contributed by atoms with Crippen LogP contribution in [0.15, 0.2) is 0 Å². The third-order valence-electron chi connectivity index (χ3n) is 3.93. The molecule has 4 atom stereocenters. The summed E-state index contributed by atoms with van der Waals surface area (Å²) in [5.74, 6) is 0. The van der Waals surface area contributed by atoms with E-state index in [2.05, 4.69) is 20.8 Å². The van der Waals surface area contributed by atoms with Crippen LogP contribution < -0.4 is 0 Å². The van der Waals surface area contributed by atoms with Crippen LogP contribution in [0.5, 0.6) is 0 Å². The van der Waals surface area contributed by atoms with Crippen molar-refractivity contribution in [3.8, 4) is 0 Å². The molecule has 2 unspecified atom stereocenters. The molecule has 0 bridgehead atoms. The maximum absolute atomic E-state index is 13.3. The molecular weight excluding hydrogens is 245 g/mol. The van der Waals surface area contributed by atoms with Crippen molar-refractivity contribution in [2.24, 2.45) is 0 Å². The van der Waals surface area contributed by atoms with Gasteiger partial charge in [0.05, 0.1) is 6.10 Å². The topological polar surface area (TPSA) is 9.23 Å². The highest BCUT2D eigenvalue weighted by Crippen LogP contribution is 2.40. The van der Waals surface area contributed by atoms with Gasteiger partial charge in [-0.05, 0) is 18.1 Å². The Hall–Kier alpha value is -0.0331. The second-order valence-corrected chi connectivity index (χ2v) is 11.2. The van der Waals surface area contributed by atoms with Crippen molar-refractivity contribution in [1.29, 1.82) is 0 Å². The van der Waals surface area contributed by atoms with Crippen molar-refractivity contribution < 1.29 is 17.6 Å². The first kappa shape index (κ1) is 15.0. The minimum atomic E-state index is -2.03. The summed E-state index contributed by atoms with van der Waals surface area (Å²) in [7, 11) is -2.03. The molecule has 102 valence electrons. The molecule has 0 aromatic rings. The van der Waals surface area contributed by atoms with E-state index in [1.807, 2.05) is 13.1 Å². The fourth-order valence-electron chi connectivity index (χ4n) is 1.77. The molecule has 0 heterocycles. The second-order valence-electron chi connectivity index (χ2n) is 6.45. The number of hydrogen-bond donors (Lipinski definition) is 0. The molecule has 5 heteroatoms. The molecule has 1 aliphatic rings. The van der Waals surface area contributed by atoms with Gasteiger partial charge in [-0.2, -0.15) is 0 Å². The van der Waals surface area contributed by atoms with Crippen LogP contribution in [0.2, 0.25) is 18.1 Å². The zero-order chi connectivity index (χ0) is 13.4. The second kappa shape index (κ2) is 4.92. The Morgan fingerprint density at radius 3 is 1.76 bits per heavy atom. The van der Waals surface area contributed by atoms with E-state index in [0.29, 0.717) is 0 Å². The third kappa shape index (κ3) is 3.47. The molecule has 1 fully saturated rings. The Labute approximate surface area is 103 Å². The largest absolute Gasteiger partial charge is 0.414 e. The standard InChI is InChI=1S/C12H23F3OSi/c1-12(2,3)17(4,5)16-8-6-9(13)11(15)10(14)7-8/h8-11H,6-7H2,1-5H3/t8?,9-,10+,11?. The van der Waals surface area contributed by atoms with E-state index < -0.39 is 32.9 Å². The van der Waals surface area contributed by atoms with Gasteiger partial charge in [-0.3, -0.25) is 0 Å². The van der Waals surface area contributed by atoms with Crippen LogP contribution in [0.1, 0.15) is 33.6 Å². The van der Waals surface area contributed by atoms with Crippen molar-refractivity contribution in [3.05, 3.63) is 0 Å². The molecule has 0 aromatic carbocycles. The molecule has 0 radical (unpaired) electrons. The molecule has 0 aromatic heterocycles. The number of halogens is 3. The van der Waals surface area contributed by atoms with E-state index in [9.17, 15) is 13.2 Å². The molecule has 1 aliphatic carbocycles. The van der Waals surface area contributed by atoms with Gasteiger partial charge in [-0.15, -0.1) is 0 Å². The van der Waals surface area contributed by atoms with Crippen LogP contribution in [-0.4, -0.2) is 32.9 Å². The SMILES string of the molecule is CC(C)(C)[Si](C)(C)OC1C[C@@H](F)C(F)[C@@H](F)C1. The summed E-state index contributed by atoms with van der Waals surface area (Å²) in [5.41, 5.74) is 0. The molecule has 0 N–H and O–H groups in total. The lowest BCUT2D eigenvalue weighted by Gasteiger charge is -2.41. The molecule has 0 spiro atoms. The van der Waals surface area contributed by atoms with Crippen molar-refractivity contribution in [2.45, 2.75) is 76.4 Å². The fourth-order valence-corrected chi connectivity index (χ4v) is 3.15. The van der Waals surface area contributed by atoms with E-state index >= 15 is 0 Å². The molecule has 1 nitrogen and oxygen atoms in total. The molecule has 0 saturated heterocycles. The number of hydrogen-bond acceptors (Lipinski definition) is 1. The maximum Gasteiger partial charge on any atom is 0.192 e. The normalized spacial score (nSPS) is 36.0. The lowest BCUT2D eigenvalue weighted by molar-refractivity contribution is -0.0162. The molecule has 0 aliphatic heterocycles. The van der Waals surface area contributed by atoms with Gasteiger partial charge in [0.25, 0.3) is 0 Å². The van der Waals surface area contributed by atoms with Crippen molar-refractivity contribution in [3.63, 3.8) is 0 Å². The average Bonchev–Trinajstić information content (AvgIpc) is 2.11. The maximum atomic E-state index is 13.3. The van der Waals surface area contributed by atoms with Gasteiger partial charge in [0, 0.05) is 12.8 Å². The number of alkyl halides is 3. The van der Waals surface area contributed by atoms with Crippen LogP contribution in [0.25, 0.3) is 0 Å². The zero-order valence-electron chi connectivity index (χ0n) is 11.3. The fraction of sp³-hybridized carbons (Fsp3) is 1.00. The summed E-state index contributed by atoms with van der Waals surface area (Å²) >= 11 is 0. The van der Waals surface area contributed by atoms with Gasteiger partial charge in [0.2, 0.25) is 0 Å². The average molecular weight is 268 g/mol. The Morgan fingerprint density at radius 1 is 1.00 bits per heavy atom. The zero-order valence-corrected chi connectivity index (χ0v) is 12.3. The number of rotatable bonds is 2. The first-order chi connectivity index (χ1) is 7.54. The van der Waals surface area contributed by atoms with Gasteiger partial charge in [0.15, 0.2) is 14.5 Å². The third-order valence-corrected chi connectivity index (χ3v) is 8.47. The summed E-state index contributed by atoms with van der Waals surface area (Å²) in [6.07, 6.45) is -5.95. The van der Waals surface area contributed by atoms with Gasteiger partial charge >= 0.3 is 0 Å². The van der Waals surface area contributed by atoms with Crippen LogP contribution >= 0.6 is 0 Å². The highest BCUT2D eigenvalue weighted by Gasteiger charge is 2.44. The van der Waals surface area contributed by atoms with Gasteiger partial charge < -0.3 is 4.43 Å². The minimum Gasteiger partial charge on any atom is -0.414 e. The van der Waals surface area contributed by atoms with E-state index in [1.165, 1.54) is 0 Å². The smallest absolute Gasteiger partial charge is 0.192 e. The van der Waals surface area contributed by atoms with Gasteiger partial charge in [-0.1, -0.05) is 20.8 Å². The van der Waals surface area contributed by atoms with Crippen molar-refractivity contribution >= 4 is 8.32 Å².